The van der Waals surface area contributed by atoms with E-state index in [0.717, 1.165) is 30.6 Å². The van der Waals surface area contributed by atoms with E-state index in [-0.39, 0.29) is 6.04 Å². The van der Waals surface area contributed by atoms with Gasteiger partial charge < -0.3 is 20.1 Å². The van der Waals surface area contributed by atoms with E-state index in [9.17, 15) is 0 Å². The third-order valence-electron chi connectivity index (χ3n) is 3.53. The minimum absolute atomic E-state index is 0.203. The molecule has 1 aliphatic carbocycles. The van der Waals surface area contributed by atoms with Gasteiger partial charge in [0.2, 0.25) is 5.88 Å². The summed E-state index contributed by atoms with van der Waals surface area (Å²) in [6.45, 7) is 6.92. The number of nitrogens with zero attached hydrogens (tertiary/aromatic N) is 2. The van der Waals surface area contributed by atoms with Crippen LogP contribution in [0.25, 0.3) is 0 Å². The topological polar surface area (TPSA) is 67.8 Å². The first-order valence-corrected chi connectivity index (χ1v) is 8.32. The van der Waals surface area contributed by atoms with Crippen molar-refractivity contribution in [2.24, 2.45) is 10.9 Å². The van der Waals surface area contributed by atoms with Crippen LogP contribution in [0, 0.1) is 5.92 Å². The van der Waals surface area contributed by atoms with E-state index in [1.54, 1.807) is 7.11 Å². The summed E-state index contributed by atoms with van der Waals surface area (Å²) in [4.78, 5) is 8.92. The first-order chi connectivity index (χ1) is 11.2. The lowest BCUT2D eigenvalue weighted by Gasteiger charge is -2.17. The molecule has 0 amide bonds. The summed E-state index contributed by atoms with van der Waals surface area (Å²) in [5.74, 6) is 2.22. The van der Waals surface area contributed by atoms with Crippen molar-refractivity contribution in [3.8, 4) is 5.88 Å². The Bertz CT molecular complexity index is 486. The molecule has 0 aliphatic heterocycles. The number of ether oxygens (including phenoxy) is 2. The highest BCUT2D eigenvalue weighted by atomic mass is 16.5. The van der Waals surface area contributed by atoms with Crippen LogP contribution >= 0.6 is 0 Å². The molecule has 1 fully saturated rings. The second kappa shape index (κ2) is 9.35. The van der Waals surface area contributed by atoms with E-state index in [2.05, 4.69) is 27.5 Å². The fourth-order valence-electron chi connectivity index (χ4n) is 2.09. The van der Waals surface area contributed by atoms with E-state index in [1.165, 1.54) is 12.8 Å². The lowest BCUT2D eigenvalue weighted by Crippen LogP contribution is -2.43. The lowest BCUT2D eigenvalue weighted by atomic mass is 10.3. The summed E-state index contributed by atoms with van der Waals surface area (Å²) in [6, 6.07) is 4.14. The Hall–Kier alpha value is -1.82. The van der Waals surface area contributed by atoms with Crippen molar-refractivity contribution < 1.29 is 9.47 Å². The Kier molecular flexibility index (Phi) is 7.13. The predicted molar refractivity (Wildman–Crippen MR) is 91.7 cm³/mol. The maximum Gasteiger partial charge on any atom is 0.213 e. The zero-order valence-corrected chi connectivity index (χ0v) is 14.3. The second-order valence-electron chi connectivity index (χ2n) is 5.95. The minimum Gasteiger partial charge on any atom is -0.477 e. The Morgan fingerprint density at radius 2 is 2.26 bits per heavy atom. The number of pyridine rings is 1. The number of aromatic nitrogens is 1. The number of aliphatic imine (C=N–C) groups is 1. The van der Waals surface area contributed by atoms with Gasteiger partial charge in [0.05, 0.1) is 19.8 Å². The number of guanidine groups is 1. The Morgan fingerprint density at radius 3 is 2.87 bits per heavy atom. The van der Waals surface area contributed by atoms with Gasteiger partial charge in [-0.1, -0.05) is 6.07 Å². The largest absolute Gasteiger partial charge is 0.477 e. The molecule has 1 aliphatic rings. The molecule has 1 aromatic heterocycles. The molecule has 0 saturated heterocycles. The minimum atomic E-state index is 0.203. The molecular weight excluding hydrogens is 292 g/mol. The van der Waals surface area contributed by atoms with Crippen molar-refractivity contribution in [2.45, 2.75) is 39.3 Å². The number of nitrogens with one attached hydrogen (secondary N) is 2. The molecule has 1 atom stereocenters. The van der Waals surface area contributed by atoms with Crippen LogP contribution in [0.15, 0.2) is 23.3 Å². The summed E-state index contributed by atoms with van der Waals surface area (Å²) < 4.78 is 10.8. The zero-order chi connectivity index (χ0) is 16.5. The van der Waals surface area contributed by atoms with Gasteiger partial charge in [0, 0.05) is 32.0 Å². The standard InChI is InChI=1S/C17H28N4O2/c1-4-18-17(21-13(2)11-22-3)20-10-15-7-8-16(19-9-15)23-12-14-5-6-14/h7-9,13-14H,4-6,10-12H2,1-3H3,(H2,18,20,21). The summed E-state index contributed by atoms with van der Waals surface area (Å²) in [7, 11) is 1.70. The predicted octanol–water partition coefficient (Wildman–Crippen LogP) is 1.96. The molecule has 2 rings (SSSR count). The molecule has 23 heavy (non-hydrogen) atoms. The van der Waals surface area contributed by atoms with E-state index < -0.39 is 0 Å². The summed E-state index contributed by atoms with van der Waals surface area (Å²) in [5, 5.41) is 6.54. The van der Waals surface area contributed by atoms with Crippen molar-refractivity contribution in [1.29, 1.82) is 0 Å². The van der Waals surface area contributed by atoms with Gasteiger partial charge in [-0.3, -0.25) is 0 Å². The average Bonchev–Trinajstić information content (AvgIpc) is 3.36. The third-order valence-corrected chi connectivity index (χ3v) is 3.53. The molecule has 0 radical (unpaired) electrons. The van der Waals surface area contributed by atoms with Crippen molar-refractivity contribution in [2.75, 3.05) is 26.9 Å². The van der Waals surface area contributed by atoms with Crippen LogP contribution in [0.5, 0.6) is 5.88 Å². The molecular formula is C17H28N4O2. The zero-order valence-electron chi connectivity index (χ0n) is 14.3. The van der Waals surface area contributed by atoms with Crippen molar-refractivity contribution in [3.63, 3.8) is 0 Å². The van der Waals surface area contributed by atoms with E-state index in [4.69, 9.17) is 9.47 Å². The molecule has 1 saturated carbocycles. The highest BCUT2D eigenvalue weighted by Crippen LogP contribution is 2.29. The van der Waals surface area contributed by atoms with Crippen LogP contribution in [0.2, 0.25) is 0 Å². The van der Waals surface area contributed by atoms with E-state index >= 15 is 0 Å². The van der Waals surface area contributed by atoms with Gasteiger partial charge in [-0.15, -0.1) is 0 Å². The van der Waals surface area contributed by atoms with Gasteiger partial charge in [-0.05, 0) is 38.2 Å². The molecule has 0 spiro atoms. The second-order valence-corrected chi connectivity index (χ2v) is 5.95. The number of rotatable bonds is 9. The molecule has 0 aromatic carbocycles. The van der Waals surface area contributed by atoms with E-state index in [0.29, 0.717) is 19.0 Å². The van der Waals surface area contributed by atoms with Crippen molar-refractivity contribution in [3.05, 3.63) is 23.9 Å². The van der Waals surface area contributed by atoms with Gasteiger partial charge in [-0.25, -0.2) is 9.98 Å². The maximum atomic E-state index is 5.64. The SMILES string of the molecule is CCNC(=NCc1ccc(OCC2CC2)nc1)NC(C)COC. The molecule has 128 valence electrons. The summed E-state index contributed by atoms with van der Waals surface area (Å²) >= 11 is 0. The summed E-state index contributed by atoms with van der Waals surface area (Å²) in [6.07, 6.45) is 4.40. The first-order valence-electron chi connectivity index (χ1n) is 8.32. The Labute approximate surface area is 138 Å². The monoisotopic (exact) mass is 320 g/mol. The van der Waals surface area contributed by atoms with Crippen molar-refractivity contribution in [1.82, 2.24) is 15.6 Å². The van der Waals surface area contributed by atoms with Gasteiger partial charge >= 0.3 is 0 Å². The highest BCUT2D eigenvalue weighted by Gasteiger charge is 2.21. The lowest BCUT2D eigenvalue weighted by molar-refractivity contribution is 0.179. The fraction of sp³-hybridized carbons (Fsp3) is 0.647. The molecule has 6 heteroatoms. The number of hydrogen-bond donors (Lipinski definition) is 2. The third kappa shape index (κ3) is 6.86. The fourth-order valence-corrected chi connectivity index (χ4v) is 2.09. The van der Waals surface area contributed by atoms with Crippen LogP contribution in [-0.2, 0) is 11.3 Å². The van der Waals surface area contributed by atoms with Crippen LogP contribution in [0.1, 0.15) is 32.3 Å². The highest BCUT2D eigenvalue weighted by molar-refractivity contribution is 5.80. The smallest absolute Gasteiger partial charge is 0.213 e. The summed E-state index contributed by atoms with van der Waals surface area (Å²) in [5.41, 5.74) is 1.06. The molecule has 0 bridgehead atoms. The number of methoxy groups -OCH3 is 1. The van der Waals surface area contributed by atoms with Gasteiger partial charge in [-0.2, -0.15) is 0 Å². The number of hydrogen-bond acceptors (Lipinski definition) is 4. The maximum absolute atomic E-state index is 5.64. The molecule has 1 aromatic rings. The van der Waals surface area contributed by atoms with Gasteiger partial charge in [0.15, 0.2) is 5.96 Å². The normalized spacial score (nSPS) is 16.0. The van der Waals surface area contributed by atoms with Crippen LogP contribution in [0.4, 0.5) is 0 Å². The Balaban J connectivity index is 1.84. The molecule has 1 unspecified atom stereocenters. The average molecular weight is 320 g/mol. The van der Waals surface area contributed by atoms with Crippen LogP contribution < -0.4 is 15.4 Å². The first kappa shape index (κ1) is 17.5. The Morgan fingerprint density at radius 1 is 1.43 bits per heavy atom. The van der Waals surface area contributed by atoms with Gasteiger partial charge in [0.25, 0.3) is 0 Å². The quantitative estimate of drug-likeness (QED) is 0.538. The van der Waals surface area contributed by atoms with Crippen LogP contribution in [-0.4, -0.2) is 43.9 Å². The molecule has 6 nitrogen and oxygen atoms in total. The van der Waals surface area contributed by atoms with Crippen molar-refractivity contribution >= 4 is 5.96 Å². The molecule has 1 heterocycles. The molecule has 2 N–H and O–H groups in total. The van der Waals surface area contributed by atoms with Gasteiger partial charge in [0.1, 0.15) is 0 Å². The van der Waals surface area contributed by atoms with Crippen LogP contribution in [0.3, 0.4) is 0 Å². The van der Waals surface area contributed by atoms with E-state index in [1.807, 2.05) is 25.3 Å².